The van der Waals surface area contributed by atoms with Crippen molar-refractivity contribution in [2.24, 2.45) is 7.05 Å². The Balaban J connectivity index is 1.55. The van der Waals surface area contributed by atoms with Gasteiger partial charge in [0.1, 0.15) is 17.5 Å². The molecule has 2 amide bonds. The van der Waals surface area contributed by atoms with Gasteiger partial charge < -0.3 is 20.1 Å². The monoisotopic (exact) mass is 432 g/mol. The van der Waals surface area contributed by atoms with Gasteiger partial charge in [-0.15, -0.1) is 5.10 Å². The van der Waals surface area contributed by atoms with Crippen LogP contribution in [0.2, 0.25) is 0 Å². The summed E-state index contributed by atoms with van der Waals surface area (Å²) in [6.45, 7) is 1.47. The summed E-state index contributed by atoms with van der Waals surface area (Å²) in [6, 6.07) is 8.03. The number of carboxylic acids is 1. The molecule has 30 heavy (non-hydrogen) atoms. The lowest BCUT2D eigenvalue weighted by molar-refractivity contribution is -0.149. The van der Waals surface area contributed by atoms with Crippen LogP contribution in [-0.4, -0.2) is 72.9 Å². The Morgan fingerprint density at radius 2 is 2.07 bits per heavy atom. The van der Waals surface area contributed by atoms with Crippen LogP contribution in [0.1, 0.15) is 6.92 Å². The van der Waals surface area contributed by atoms with Crippen LogP contribution in [0.3, 0.4) is 0 Å². The lowest BCUT2D eigenvalue weighted by Gasteiger charge is -2.39. The number of nitrogens with zero attached hydrogens (tertiary/aromatic N) is 5. The number of aromatic nitrogens is 4. The van der Waals surface area contributed by atoms with E-state index in [2.05, 4.69) is 20.8 Å². The highest BCUT2D eigenvalue weighted by molar-refractivity contribution is 7.99. The number of nitrogens with one attached hydrogen (secondary N) is 1. The molecule has 2 heterocycles. The van der Waals surface area contributed by atoms with Crippen molar-refractivity contribution in [2.75, 3.05) is 18.9 Å². The molecule has 1 saturated heterocycles. The zero-order valence-corrected chi connectivity index (χ0v) is 17.1. The molecule has 0 bridgehead atoms. The Kier molecular flexibility index (Phi) is 6.67. The van der Waals surface area contributed by atoms with Crippen molar-refractivity contribution in [3.8, 4) is 5.75 Å². The average molecular weight is 432 g/mol. The van der Waals surface area contributed by atoms with Crippen molar-refractivity contribution in [1.82, 2.24) is 30.4 Å². The second-order valence-corrected chi connectivity index (χ2v) is 7.42. The van der Waals surface area contributed by atoms with Crippen LogP contribution in [-0.2, 0) is 21.4 Å². The van der Waals surface area contributed by atoms with Gasteiger partial charge in [-0.05, 0) is 35.1 Å². The molecule has 158 valence electrons. The number of aliphatic carboxylic acids is 1. The van der Waals surface area contributed by atoms with Gasteiger partial charge in [0.15, 0.2) is 6.61 Å². The molecule has 1 aromatic heterocycles. The maximum atomic E-state index is 12.4. The molecule has 12 heteroatoms. The smallest absolute Gasteiger partial charge is 0.352 e. The van der Waals surface area contributed by atoms with Crippen LogP contribution in [0.5, 0.6) is 5.75 Å². The molecule has 1 aromatic carbocycles. The minimum Gasteiger partial charge on any atom is -0.484 e. The van der Waals surface area contributed by atoms with Crippen LogP contribution < -0.4 is 10.1 Å². The van der Waals surface area contributed by atoms with E-state index in [9.17, 15) is 19.5 Å². The minimum atomic E-state index is -1.21. The predicted molar refractivity (Wildman–Crippen MR) is 105 cm³/mol. The predicted octanol–water partition coefficient (Wildman–Crippen LogP) is 0.0668. The highest BCUT2D eigenvalue weighted by atomic mass is 32.2. The van der Waals surface area contributed by atoms with Crippen LogP contribution in [0, 0.1) is 0 Å². The molecule has 2 aromatic rings. The number of thioether (sulfide) groups is 1. The zero-order chi connectivity index (χ0) is 21.7. The molecular formula is C18H20N6O5S. The molecule has 0 radical (unpaired) electrons. The van der Waals surface area contributed by atoms with Crippen molar-refractivity contribution >= 4 is 29.5 Å². The number of ether oxygens (including phenoxy) is 1. The second-order valence-electron chi connectivity index (χ2n) is 6.48. The first kappa shape index (κ1) is 21.3. The maximum Gasteiger partial charge on any atom is 0.352 e. The summed E-state index contributed by atoms with van der Waals surface area (Å²) in [5.74, 6) is -1.32. The summed E-state index contributed by atoms with van der Waals surface area (Å²) in [6.07, 6.45) is 0. The number of amides is 2. The second kappa shape index (κ2) is 9.39. The lowest BCUT2D eigenvalue weighted by Crippen LogP contribution is -2.64. The molecule has 0 spiro atoms. The van der Waals surface area contributed by atoms with E-state index < -0.39 is 23.8 Å². The molecule has 0 aliphatic carbocycles. The topological polar surface area (TPSA) is 140 Å². The first-order chi connectivity index (χ1) is 14.4. The van der Waals surface area contributed by atoms with E-state index in [1.165, 1.54) is 16.4 Å². The van der Waals surface area contributed by atoms with Gasteiger partial charge in [-0.3, -0.25) is 9.59 Å². The fourth-order valence-electron chi connectivity index (χ4n) is 2.75. The van der Waals surface area contributed by atoms with Gasteiger partial charge in [-0.1, -0.05) is 30.0 Å². The summed E-state index contributed by atoms with van der Waals surface area (Å²) in [4.78, 5) is 37.3. The first-order valence-electron chi connectivity index (χ1n) is 8.93. The number of hydrogen-bond donors (Lipinski definition) is 2. The number of likely N-dealkylation sites (tertiary alicyclic amines) is 1. The van der Waals surface area contributed by atoms with Crippen molar-refractivity contribution in [2.45, 2.75) is 18.1 Å². The Labute approximate surface area is 176 Å². The molecule has 1 unspecified atom stereocenters. The molecule has 1 fully saturated rings. The molecule has 1 aliphatic rings. The highest BCUT2D eigenvalue weighted by Gasteiger charge is 2.42. The minimum absolute atomic E-state index is 0.0745. The van der Waals surface area contributed by atoms with Crippen molar-refractivity contribution in [1.29, 1.82) is 0 Å². The van der Waals surface area contributed by atoms with E-state index in [0.717, 1.165) is 4.90 Å². The van der Waals surface area contributed by atoms with Gasteiger partial charge in [0.25, 0.3) is 11.8 Å². The van der Waals surface area contributed by atoms with E-state index in [1.807, 2.05) is 6.07 Å². The third kappa shape index (κ3) is 4.95. The average Bonchev–Trinajstić information content (AvgIpc) is 3.14. The van der Waals surface area contributed by atoms with Crippen LogP contribution in [0.4, 0.5) is 0 Å². The fraction of sp³-hybridized carbons (Fsp3) is 0.333. The zero-order valence-electron chi connectivity index (χ0n) is 16.3. The van der Waals surface area contributed by atoms with Crippen LogP contribution in [0.25, 0.3) is 0 Å². The number of tetrazole rings is 1. The highest BCUT2D eigenvalue weighted by Crippen LogP contribution is 2.24. The maximum absolute atomic E-state index is 12.4. The fourth-order valence-corrected chi connectivity index (χ4v) is 3.55. The quantitative estimate of drug-likeness (QED) is 0.320. The van der Waals surface area contributed by atoms with Gasteiger partial charge >= 0.3 is 5.97 Å². The van der Waals surface area contributed by atoms with Crippen molar-refractivity contribution in [3.05, 3.63) is 41.6 Å². The molecule has 1 aliphatic heterocycles. The molecule has 0 saturated carbocycles. The van der Waals surface area contributed by atoms with E-state index >= 15 is 0 Å². The van der Waals surface area contributed by atoms with Gasteiger partial charge in [0, 0.05) is 12.8 Å². The number of hydrogen-bond acceptors (Lipinski definition) is 8. The normalized spacial score (nSPS) is 16.5. The van der Waals surface area contributed by atoms with E-state index in [0.29, 0.717) is 22.2 Å². The van der Waals surface area contributed by atoms with Crippen molar-refractivity contribution < 1.29 is 24.2 Å². The number of carbonyl (C=O) groups excluding carboxylic acids is 2. The van der Waals surface area contributed by atoms with Crippen LogP contribution >= 0.6 is 11.8 Å². The van der Waals surface area contributed by atoms with Gasteiger partial charge in [-0.2, -0.15) is 0 Å². The summed E-state index contributed by atoms with van der Waals surface area (Å²) < 4.78 is 6.81. The number of benzene rings is 1. The number of carboxylic acid groups (broad SMARTS) is 1. The molecular weight excluding hydrogens is 412 g/mol. The third-order valence-electron chi connectivity index (χ3n) is 4.25. The summed E-state index contributed by atoms with van der Waals surface area (Å²) >= 11 is 1.26. The summed E-state index contributed by atoms with van der Waals surface area (Å²) in [5, 5.41) is 23.7. The van der Waals surface area contributed by atoms with Gasteiger partial charge in [-0.25, -0.2) is 9.48 Å². The number of para-hydroxylation sites is 1. The number of β-lactam (4-membered cyclic amide) rings is 1. The summed E-state index contributed by atoms with van der Waals surface area (Å²) in [5.41, 5.74) is 0.384. The lowest BCUT2D eigenvalue weighted by atomic mass is 10.0. The molecule has 3 rings (SSSR count). The number of rotatable bonds is 9. The van der Waals surface area contributed by atoms with Gasteiger partial charge in [0.05, 0.1) is 6.54 Å². The Bertz CT molecular complexity index is 976. The van der Waals surface area contributed by atoms with E-state index in [4.69, 9.17) is 4.74 Å². The Hall–Kier alpha value is -3.41. The molecule has 1 atom stereocenters. The third-order valence-corrected chi connectivity index (χ3v) is 5.43. The molecule has 11 nitrogen and oxygen atoms in total. The van der Waals surface area contributed by atoms with Crippen LogP contribution in [0.15, 0.2) is 46.8 Å². The standard InChI is InChI=1S/C18H20N6O5S/c1-11(10-30-18-20-21-22-23(18)2)15(17(27)28)24-8-13(16(24)26)19-14(25)9-29-12-6-4-3-5-7-12/h3-7,13H,8-10H2,1-2H3,(H,19,25)(H,27,28)/b15-11-. The molecule has 2 N–H and O–H groups in total. The SMILES string of the molecule is C/C(CSc1nnnn1C)=C(\C(=O)O)N1CC(NC(=O)COc2ccccc2)C1=O. The van der Waals surface area contributed by atoms with Gasteiger partial charge in [0.2, 0.25) is 5.16 Å². The van der Waals surface area contributed by atoms with Crippen molar-refractivity contribution in [3.63, 3.8) is 0 Å². The van der Waals surface area contributed by atoms with E-state index in [1.54, 1.807) is 38.2 Å². The van der Waals surface area contributed by atoms with E-state index in [-0.39, 0.29) is 18.8 Å². The number of carbonyl (C=O) groups is 3. The Morgan fingerprint density at radius 3 is 2.67 bits per heavy atom. The first-order valence-corrected chi connectivity index (χ1v) is 9.92. The Morgan fingerprint density at radius 1 is 1.33 bits per heavy atom. The summed E-state index contributed by atoms with van der Waals surface area (Å²) in [7, 11) is 1.67. The largest absolute Gasteiger partial charge is 0.484 e. The number of aryl methyl sites for hydroxylation is 1.